The smallest absolute Gasteiger partial charge is 0.0974 e. The van der Waals surface area contributed by atoms with Gasteiger partial charge >= 0.3 is 0 Å². The van der Waals surface area contributed by atoms with Crippen LogP contribution >= 0.6 is 0 Å². The van der Waals surface area contributed by atoms with Gasteiger partial charge in [0.25, 0.3) is 0 Å². The fourth-order valence-electron chi connectivity index (χ4n) is 1.68. The van der Waals surface area contributed by atoms with Gasteiger partial charge in [-0.2, -0.15) is 0 Å². The van der Waals surface area contributed by atoms with Crippen molar-refractivity contribution in [3.8, 4) is 0 Å². The largest absolute Gasteiger partial charge is 0.355 e. The third kappa shape index (κ3) is 2.30. The van der Waals surface area contributed by atoms with Gasteiger partial charge in [-0.05, 0) is 38.9 Å². The second-order valence-corrected chi connectivity index (χ2v) is 3.62. The summed E-state index contributed by atoms with van der Waals surface area (Å²) in [5, 5.41) is 6.12. The van der Waals surface area contributed by atoms with Crippen molar-refractivity contribution in [2.75, 3.05) is 27.4 Å². The second kappa shape index (κ2) is 4.74. The SMILES string of the molecule is C=C(CNC)C1(OCNC)CCC1. The molecule has 0 bridgehead atoms. The van der Waals surface area contributed by atoms with Gasteiger partial charge < -0.3 is 10.1 Å². The Hall–Kier alpha value is -0.380. The van der Waals surface area contributed by atoms with Crippen LogP contribution in [0.3, 0.4) is 0 Å². The van der Waals surface area contributed by atoms with Crippen molar-refractivity contribution < 1.29 is 4.74 Å². The number of hydrogen-bond acceptors (Lipinski definition) is 3. The molecule has 13 heavy (non-hydrogen) atoms. The van der Waals surface area contributed by atoms with Crippen LogP contribution in [0.2, 0.25) is 0 Å². The lowest BCUT2D eigenvalue weighted by atomic mass is 9.75. The van der Waals surface area contributed by atoms with Crippen LogP contribution in [0.25, 0.3) is 0 Å². The molecule has 1 aliphatic rings. The molecule has 76 valence electrons. The molecule has 1 fully saturated rings. The maximum atomic E-state index is 5.78. The van der Waals surface area contributed by atoms with Gasteiger partial charge in [0.15, 0.2) is 0 Å². The van der Waals surface area contributed by atoms with E-state index in [-0.39, 0.29) is 5.60 Å². The van der Waals surface area contributed by atoms with Gasteiger partial charge in [0.1, 0.15) is 0 Å². The van der Waals surface area contributed by atoms with E-state index in [0.717, 1.165) is 19.4 Å². The van der Waals surface area contributed by atoms with E-state index in [9.17, 15) is 0 Å². The lowest BCUT2D eigenvalue weighted by Gasteiger charge is -2.43. The molecule has 0 aromatic carbocycles. The Morgan fingerprint density at radius 1 is 1.38 bits per heavy atom. The fraction of sp³-hybridized carbons (Fsp3) is 0.800. The van der Waals surface area contributed by atoms with Crippen LogP contribution in [-0.2, 0) is 4.74 Å². The van der Waals surface area contributed by atoms with Crippen molar-refractivity contribution in [1.29, 1.82) is 0 Å². The molecule has 3 nitrogen and oxygen atoms in total. The van der Waals surface area contributed by atoms with Crippen LogP contribution in [-0.4, -0.2) is 33.0 Å². The van der Waals surface area contributed by atoms with E-state index in [1.54, 1.807) is 0 Å². The summed E-state index contributed by atoms with van der Waals surface area (Å²) in [5.74, 6) is 0. The van der Waals surface area contributed by atoms with Crippen LogP contribution in [0.5, 0.6) is 0 Å². The van der Waals surface area contributed by atoms with Crippen molar-refractivity contribution in [3.05, 3.63) is 12.2 Å². The lowest BCUT2D eigenvalue weighted by molar-refractivity contribution is -0.0771. The summed E-state index contributed by atoms with van der Waals surface area (Å²) in [6.45, 7) is 5.54. The molecule has 2 N–H and O–H groups in total. The Kier molecular flexibility index (Phi) is 3.90. The highest BCUT2D eigenvalue weighted by molar-refractivity contribution is 5.19. The van der Waals surface area contributed by atoms with E-state index in [0.29, 0.717) is 6.73 Å². The first-order chi connectivity index (χ1) is 6.25. The van der Waals surface area contributed by atoms with E-state index >= 15 is 0 Å². The Morgan fingerprint density at radius 2 is 2.08 bits per heavy atom. The quantitative estimate of drug-likeness (QED) is 0.475. The molecular weight excluding hydrogens is 164 g/mol. The number of ether oxygens (including phenoxy) is 1. The molecule has 1 saturated carbocycles. The lowest BCUT2D eigenvalue weighted by Crippen LogP contribution is -2.45. The predicted molar refractivity (Wildman–Crippen MR) is 54.7 cm³/mol. The third-order valence-electron chi connectivity index (χ3n) is 2.69. The first kappa shape index (κ1) is 10.7. The van der Waals surface area contributed by atoms with Gasteiger partial charge in [-0.15, -0.1) is 0 Å². The van der Waals surface area contributed by atoms with E-state index < -0.39 is 0 Å². The maximum absolute atomic E-state index is 5.78. The average Bonchev–Trinajstić information content (AvgIpc) is 2.03. The third-order valence-corrected chi connectivity index (χ3v) is 2.69. The van der Waals surface area contributed by atoms with Gasteiger partial charge in [0.2, 0.25) is 0 Å². The van der Waals surface area contributed by atoms with Crippen LogP contribution in [0.4, 0.5) is 0 Å². The first-order valence-corrected chi connectivity index (χ1v) is 4.86. The number of hydrogen-bond donors (Lipinski definition) is 2. The van der Waals surface area contributed by atoms with Crippen LogP contribution in [0.1, 0.15) is 19.3 Å². The maximum Gasteiger partial charge on any atom is 0.0974 e. The summed E-state index contributed by atoms with van der Waals surface area (Å²) in [4.78, 5) is 0. The summed E-state index contributed by atoms with van der Waals surface area (Å²) in [7, 11) is 3.84. The normalized spacial score (nSPS) is 19.5. The molecule has 1 rings (SSSR count). The van der Waals surface area contributed by atoms with Gasteiger partial charge in [-0.1, -0.05) is 6.58 Å². The summed E-state index contributed by atoms with van der Waals surface area (Å²) in [5.41, 5.74) is 1.14. The highest BCUT2D eigenvalue weighted by atomic mass is 16.5. The fourth-order valence-corrected chi connectivity index (χ4v) is 1.68. The van der Waals surface area contributed by atoms with E-state index in [1.165, 1.54) is 12.0 Å². The zero-order valence-corrected chi connectivity index (χ0v) is 8.65. The Morgan fingerprint density at radius 3 is 2.46 bits per heavy atom. The average molecular weight is 184 g/mol. The minimum atomic E-state index is -0.0357. The highest BCUT2D eigenvalue weighted by Crippen LogP contribution is 2.40. The molecular formula is C10H20N2O. The topological polar surface area (TPSA) is 33.3 Å². The molecule has 1 aliphatic carbocycles. The molecule has 0 spiro atoms. The minimum absolute atomic E-state index is 0.0357. The Balaban J connectivity index is 2.43. The van der Waals surface area contributed by atoms with Crippen molar-refractivity contribution in [2.45, 2.75) is 24.9 Å². The molecule has 0 unspecified atom stereocenters. The summed E-state index contributed by atoms with van der Waals surface area (Å²) >= 11 is 0. The predicted octanol–water partition coefficient (Wildman–Crippen LogP) is 0.878. The zero-order valence-electron chi connectivity index (χ0n) is 8.65. The number of nitrogens with one attached hydrogen (secondary N) is 2. The molecule has 0 saturated heterocycles. The van der Waals surface area contributed by atoms with Crippen molar-refractivity contribution >= 4 is 0 Å². The van der Waals surface area contributed by atoms with Crippen LogP contribution in [0, 0.1) is 0 Å². The summed E-state index contributed by atoms with van der Waals surface area (Å²) in [6, 6.07) is 0. The van der Waals surface area contributed by atoms with Gasteiger partial charge in [0.05, 0.1) is 12.3 Å². The standard InChI is InChI=1S/C10H20N2O/c1-9(7-11-2)10(5-4-6-10)13-8-12-3/h11-12H,1,4-8H2,2-3H3. The molecule has 0 aliphatic heterocycles. The van der Waals surface area contributed by atoms with Crippen LogP contribution in [0.15, 0.2) is 12.2 Å². The Labute approximate surface area is 80.5 Å². The summed E-state index contributed by atoms with van der Waals surface area (Å²) in [6.07, 6.45) is 3.50. The van der Waals surface area contributed by atoms with Crippen LogP contribution < -0.4 is 10.6 Å². The first-order valence-electron chi connectivity index (χ1n) is 4.86. The second-order valence-electron chi connectivity index (χ2n) is 3.62. The van der Waals surface area contributed by atoms with Gasteiger partial charge in [-0.3, -0.25) is 5.32 Å². The van der Waals surface area contributed by atoms with Crippen molar-refractivity contribution in [1.82, 2.24) is 10.6 Å². The Bertz CT molecular complexity index is 176. The molecule has 0 radical (unpaired) electrons. The van der Waals surface area contributed by atoms with Crippen molar-refractivity contribution in [2.24, 2.45) is 0 Å². The minimum Gasteiger partial charge on any atom is -0.355 e. The van der Waals surface area contributed by atoms with Gasteiger partial charge in [-0.25, -0.2) is 0 Å². The zero-order chi connectivity index (χ0) is 9.73. The molecule has 0 heterocycles. The van der Waals surface area contributed by atoms with E-state index in [1.807, 2.05) is 14.1 Å². The monoisotopic (exact) mass is 184 g/mol. The molecule has 0 amide bonds. The van der Waals surface area contributed by atoms with E-state index in [4.69, 9.17) is 4.74 Å². The molecule has 0 aromatic heterocycles. The number of likely N-dealkylation sites (N-methyl/N-ethyl adjacent to an activating group) is 1. The molecule has 0 aromatic rings. The van der Waals surface area contributed by atoms with E-state index in [2.05, 4.69) is 17.2 Å². The molecule has 3 heteroatoms. The highest BCUT2D eigenvalue weighted by Gasteiger charge is 2.40. The number of rotatable bonds is 6. The van der Waals surface area contributed by atoms with Crippen molar-refractivity contribution in [3.63, 3.8) is 0 Å². The van der Waals surface area contributed by atoms with Gasteiger partial charge in [0, 0.05) is 6.54 Å². The summed E-state index contributed by atoms with van der Waals surface area (Å²) < 4.78 is 5.78. The molecule has 0 atom stereocenters.